The van der Waals surface area contributed by atoms with Crippen LogP contribution in [0.4, 0.5) is 5.69 Å². The molecule has 1 rings (SSSR count). The van der Waals surface area contributed by atoms with E-state index in [0.717, 1.165) is 22.6 Å². The summed E-state index contributed by atoms with van der Waals surface area (Å²) >= 11 is 0. The summed E-state index contributed by atoms with van der Waals surface area (Å²) < 4.78 is 5.34. The molecule has 0 aliphatic rings. The molecule has 0 bridgehead atoms. The molecule has 0 atom stereocenters. The van der Waals surface area contributed by atoms with E-state index in [1.54, 1.807) is 19.1 Å². The molecule has 2 N–H and O–H groups in total. The third-order valence-electron chi connectivity index (χ3n) is 3.43. The molecule has 0 radical (unpaired) electrons. The number of nitrogens with two attached hydrogens (primary N) is 1. The first-order valence-corrected chi connectivity index (χ1v) is 6.38. The molecule has 1 aromatic carbocycles. The van der Waals surface area contributed by atoms with Crippen LogP contribution in [0, 0.1) is 19.3 Å². The maximum absolute atomic E-state index is 12.4. The van der Waals surface area contributed by atoms with Gasteiger partial charge in [0.05, 0.1) is 12.5 Å². The molecule has 0 heterocycles. The highest BCUT2D eigenvalue weighted by Crippen LogP contribution is 2.30. The standard InChI is InChI=1S/C15H24N2O2/c1-10-7-12(8-11(2)13(10)19-6)17(5)14(18)15(3,4)9-16/h7-8H,9,16H2,1-6H3. The Bertz CT molecular complexity index is 458. The minimum absolute atomic E-state index is 0.0129. The van der Waals surface area contributed by atoms with Crippen molar-refractivity contribution in [3.63, 3.8) is 0 Å². The molecule has 0 unspecified atom stereocenters. The molecule has 0 spiro atoms. The van der Waals surface area contributed by atoms with Gasteiger partial charge in [-0.25, -0.2) is 0 Å². The fourth-order valence-corrected chi connectivity index (χ4v) is 2.10. The van der Waals surface area contributed by atoms with E-state index in [1.807, 2.05) is 39.8 Å². The van der Waals surface area contributed by atoms with Crippen LogP contribution in [0.2, 0.25) is 0 Å². The van der Waals surface area contributed by atoms with Crippen LogP contribution >= 0.6 is 0 Å². The summed E-state index contributed by atoms with van der Waals surface area (Å²) in [6, 6.07) is 3.91. The van der Waals surface area contributed by atoms with Gasteiger partial charge in [-0.1, -0.05) is 0 Å². The number of rotatable bonds is 4. The van der Waals surface area contributed by atoms with Crippen LogP contribution in [0.3, 0.4) is 0 Å². The fraction of sp³-hybridized carbons (Fsp3) is 0.533. The van der Waals surface area contributed by atoms with E-state index in [1.165, 1.54) is 0 Å². The zero-order chi connectivity index (χ0) is 14.8. The van der Waals surface area contributed by atoms with Gasteiger partial charge in [-0.05, 0) is 51.0 Å². The summed E-state index contributed by atoms with van der Waals surface area (Å²) in [7, 11) is 3.43. The number of ether oxygens (including phenoxy) is 1. The van der Waals surface area contributed by atoms with Crippen LogP contribution in [0.1, 0.15) is 25.0 Å². The van der Waals surface area contributed by atoms with Gasteiger partial charge in [-0.3, -0.25) is 4.79 Å². The van der Waals surface area contributed by atoms with E-state index in [0.29, 0.717) is 6.54 Å². The average Bonchev–Trinajstić information content (AvgIpc) is 2.36. The number of methoxy groups -OCH3 is 1. The summed E-state index contributed by atoms with van der Waals surface area (Å²) in [6.07, 6.45) is 0. The maximum Gasteiger partial charge on any atom is 0.233 e. The minimum Gasteiger partial charge on any atom is -0.496 e. The van der Waals surface area contributed by atoms with Gasteiger partial charge >= 0.3 is 0 Å². The quantitative estimate of drug-likeness (QED) is 0.907. The molecular weight excluding hydrogens is 240 g/mol. The van der Waals surface area contributed by atoms with Crippen LogP contribution in [0.5, 0.6) is 5.75 Å². The summed E-state index contributed by atoms with van der Waals surface area (Å²) in [5.74, 6) is 0.877. The van der Waals surface area contributed by atoms with Gasteiger partial charge in [0.15, 0.2) is 0 Å². The number of carbonyl (C=O) groups excluding carboxylic acids is 1. The molecule has 19 heavy (non-hydrogen) atoms. The van der Waals surface area contributed by atoms with Crippen molar-refractivity contribution < 1.29 is 9.53 Å². The monoisotopic (exact) mass is 264 g/mol. The zero-order valence-corrected chi connectivity index (χ0v) is 12.7. The molecule has 0 saturated heterocycles. The molecule has 1 aromatic rings. The van der Waals surface area contributed by atoms with Crippen LogP contribution in [-0.4, -0.2) is 26.6 Å². The van der Waals surface area contributed by atoms with Gasteiger partial charge in [0, 0.05) is 19.3 Å². The van der Waals surface area contributed by atoms with Crippen LogP contribution < -0.4 is 15.4 Å². The Balaban J connectivity index is 3.14. The number of nitrogens with zero attached hydrogens (tertiary/aromatic N) is 1. The first-order chi connectivity index (χ1) is 8.74. The normalized spacial score (nSPS) is 11.3. The van der Waals surface area contributed by atoms with Crippen molar-refractivity contribution in [1.29, 1.82) is 0 Å². The van der Waals surface area contributed by atoms with Crippen molar-refractivity contribution in [3.8, 4) is 5.75 Å². The van der Waals surface area contributed by atoms with Crippen LogP contribution in [0.25, 0.3) is 0 Å². The van der Waals surface area contributed by atoms with Crippen molar-refractivity contribution in [2.45, 2.75) is 27.7 Å². The molecule has 0 aliphatic heterocycles. The number of carbonyl (C=O) groups is 1. The van der Waals surface area contributed by atoms with Crippen molar-refractivity contribution in [3.05, 3.63) is 23.3 Å². The predicted octanol–water partition coefficient (Wildman–Crippen LogP) is 2.26. The van der Waals surface area contributed by atoms with E-state index in [2.05, 4.69) is 0 Å². The van der Waals surface area contributed by atoms with Crippen molar-refractivity contribution in [2.75, 3.05) is 25.6 Å². The van der Waals surface area contributed by atoms with E-state index < -0.39 is 5.41 Å². The Morgan fingerprint density at radius 1 is 1.32 bits per heavy atom. The lowest BCUT2D eigenvalue weighted by molar-refractivity contribution is -0.125. The summed E-state index contributed by atoms with van der Waals surface area (Å²) in [5, 5.41) is 0. The van der Waals surface area contributed by atoms with Gasteiger partial charge in [-0.15, -0.1) is 0 Å². The Hall–Kier alpha value is -1.55. The van der Waals surface area contributed by atoms with Gasteiger partial charge in [-0.2, -0.15) is 0 Å². The number of benzene rings is 1. The van der Waals surface area contributed by atoms with Crippen molar-refractivity contribution in [1.82, 2.24) is 0 Å². The van der Waals surface area contributed by atoms with Gasteiger partial charge < -0.3 is 15.4 Å². The first kappa shape index (κ1) is 15.5. The lowest BCUT2D eigenvalue weighted by Gasteiger charge is -2.29. The molecule has 0 aliphatic carbocycles. The smallest absolute Gasteiger partial charge is 0.233 e. The second-order valence-electron chi connectivity index (χ2n) is 5.56. The number of hydrogen-bond acceptors (Lipinski definition) is 3. The highest BCUT2D eigenvalue weighted by Gasteiger charge is 2.29. The molecule has 0 fully saturated rings. The Morgan fingerprint density at radius 2 is 1.79 bits per heavy atom. The maximum atomic E-state index is 12.4. The molecule has 106 valence electrons. The number of anilines is 1. The number of amides is 1. The number of hydrogen-bond donors (Lipinski definition) is 1. The first-order valence-electron chi connectivity index (χ1n) is 6.38. The van der Waals surface area contributed by atoms with Crippen molar-refractivity contribution >= 4 is 11.6 Å². The zero-order valence-electron chi connectivity index (χ0n) is 12.7. The van der Waals surface area contributed by atoms with E-state index in [4.69, 9.17) is 10.5 Å². The molecule has 4 heteroatoms. The fourth-order valence-electron chi connectivity index (χ4n) is 2.10. The molecule has 0 saturated carbocycles. The predicted molar refractivity (Wildman–Crippen MR) is 78.7 cm³/mol. The average molecular weight is 264 g/mol. The van der Waals surface area contributed by atoms with Gasteiger partial charge in [0.2, 0.25) is 5.91 Å². The van der Waals surface area contributed by atoms with E-state index >= 15 is 0 Å². The lowest BCUT2D eigenvalue weighted by atomic mass is 9.91. The summed E-state index contributed by atoms with van der Waals surface area (Å²) in [6.45, 7) is 7.98. The van der Waals surface area contributed by atoms with E-state index in [-0.39, 0.29) is 5.91 Å². The Kier molecular flexibility index (Phi) is 4.58. The second-order valence-corrected chi connectivity index (χ2v) is 5.56. The molecular formula is C15H24N2O2. The number of aryl methyl sites for hydroxylation is 2. The van der Waals surface area contributed by atoms with Crippen molar-refractivity contribution in [2.24, 2.45) is 11.1 Å². The topological polar surface area (TPSA) is 55.6 Å². The lowest BCUT2D eigenvalue weighted by Crippen LogP contribution is -2.43. The molecule has 0 aromatic heterocycles. The molecule has 1 amide bonds. The third kappa shape index (κ3) is 3.07. The largest absolute Gasteiger partial charge is 0.496 e. The SMILES string of the molecule is COc1c(C)cc(N(C)C(=O)C(C)(C)CN)cc1C. The summed E-state index contributed by atoms with van der Waals surface area (Å²) in [4.78, 5) is 14.0. The minimum atomic E-state index is -0.559. The second kappa shape index (κ2) is 5.61. The Labute approximate surface area is 115 Å². The van der Waals surface area contributed by atoms with Crippen LogP contribution in [0.15, 0.2) is 12.1 Å². The molecule has 4 nitrogen and oxygen atoms in total. The summed E-state index contributed by atoms with van der Waals surface area (Å²) in [5.41, 5.74) is 8.00. The third-order valence-corrected chi connectivity index (χ3v) is 3.43. The highest BCUT2D eigenvalue weighted by molar-refractivity contribution is 5.97. The van der Waals surface area contributed by atoms with Gasteiger partial charge in [0.25, 0.3) is 0 Å². The Morgan fingerprint density at radius 3 is 2.16 bits per heavy atom. The van der Waals surface area contributed by atoms with Crippen LogP contribution in [-0.2, 0) is 4.79 Å². The van der Waals surface area contributed by atoms with E-state index in [9.17, 15) is 4.79 Å². The highest BCUT2D eigenvalue weighted by atomic mass is 16.5. The van der Waals surface area contributed by atoms with Gasteiger partial charge in [0.1, 0.15) is 5.75 Å².